The van der Waals surface area contributed by atoms with Gasteiger partial charge in [-0.05, 0) is 18.0 Å². The molecular formula is C12H22ClN3O. The third-order valence-electron chi connectivity index (χ3n) is 2.48. The second kappa shape index (κ2) is 6.36. The lowest BCUT2D eigenvalue weighted by molar-refractivity contribution is 0.122. The maximum absolute atomic E-state index is 6.02. The summed E-state index contributed by atoms with van der Waals surface area (Å²) in [7, 11) is 0. The third-order valence-corrected chi connectivity index (χ3v) is 2.76. The molecule has 0 unspecified atom stereocenters. The van der Waals surface area contributed by atoms with Gasteiger partial charge in [0, 0.05) is 12.0 Å². The van der Waals surface area contributed by atoms with Gasteiger partial charge in [-0.15, -0.1) is 10.2 Å². The Morgan fingerprint density at radius 3 is 2.53 bits per heavy atom. The van der Waals surface area contributed by atoms with Crippen molar-refractivity contribution in [2.24, 2.45) is 0 Å². The zero-order valence-corrected chi connectivity index (χ0v) is 11.9. The largest absolute Gasteiger partial charge is 0.380 e. The van der Waals surface area contributed by atoms with E-state index in [1.807, 2.05) is 4.57 Å². The van der Waals surface area contributed by atoms with Gasteiger partial charge in [0.1, 0.15) is 5.82 Å². The first-order valence-electron chi connectivity index (χ1n) is 6.13. The highest BCUT2D eigenvalue weighted by atomic mass is 35.5. The lowest BCUT2D eigenvalue weighted by Gasteiger charge is -2.18. The van der Waals surface area contributed by atoms with Crippen molar-refractivity contribution in [3.05, 3.63) is 11.1 Å². The lowest BCUT2D eigenvalue weighted by Crippen LogP contribution is -2.21. The molecular weight excluding hydrogens is 238 g/mol. The minimum Gasteiger partial charge on any atom is -0.380 e. The molecule has 17 heavy (non-hydrogen) atoms. The summed E-state index contributed by atoms with van der Waals surface area (Å²) in [6.45, 7) is 10.6. The number of rotatable bonds is 6. The van der Waals surface area contributed by atoms with Gasteiger partial charge < -0.3 is 4.74 Å². The molecule has 1 rings (SSSR count). The van der Waals surface area contributed by atoms with E-state index in [9.17, 15) is 0 Å². The van der Waals surface area contributed by atoms with Crippen LogP contribution in [0, 0.1) is 0 Å². The molecule has 0 aliphatic rings. The molecule has 0 saturated heterocycles. The first-order valence-corrected chi connectivity index (χ1v) is 6.51. The molecule has 98 valence electrons. The van der Waals surface area contributed by atoms with Gasteiger partial charge in [-0.25, -0.2) is 0 Å². The third kappa shape index (κ3) is 4.28. The van der Waals surface area contributed by atoms with Crippen molar-refractivity contribution in [3.63, 3.8) is 0 Å². The number of nitrogens with zero attached hydrogens (tertiary/aromatic N) is 3. The molecule has 0 saturated carbocycles. The van der Waals surface area contributed by atoms with Crippen molar-refractivity contribution in [3.8, 4) is 0 Å². The lowest BCUT2D eigenvalue weighted by atomic mass is 9.96. The predicted octanol–water partition coefficient (Wildman–Crippen LogP) is 3.05. The number of hydrogen-bond donors (Lipinski definition) is 0. The first-order chi connectivity index (χ1) is 7.96. The molecule has 0 N–H and O–H groups in total. The molecule has 0 radical (unpaired) electrons. The van der Waals surface area contributed by atoms with Crippen LogP contribution in [-0.4, -0.2) is 28.0 Å². The van der Waals surface area contributed by atoms with Crippen molar-refractivity contribution in [2.75, 3.05) is 13.2 Å². The van der Waals surface area contributed by atoms with Crippen molar-refractivity contribution < 1.29 is 4.74 Å². The predicted molar refractivity (Wildman–Crippen MR) is 69.5 cm³/mol. The average Bonchev–Trinajstić information content (AvgIpc) is 2.59. The Hall–Kier alpha value is -0.610. The highest BCUT2D eigenvalue weighted by molar-refractivity contribution is 6.28. The van der Waals surface area contributed by atoms with E-state index >= 15 is 0 Å². The minimum absolute atomic E-state index is 0.0520. The van der Waals surface area contributed by atoms with Gasteiger partial charge in [-0.1, -0.05) is 34.1 Å². The summed E-state index contributed by atoms with van der Waals surface area (Å²) < 4.78 is 7.46. The van der Waals surface area contributed by atoms with Gasteiger partial charge >= 0.3 is 0 Å². The molecule has 5 heteroatoms. The zero-order valence-electron chi connectivity index (χ0n) is 11.2. The molecule has 0 atom stereocenters. The van der Waals surface area contributed by atoms with E-state index < -0.39 is 0 Å². The molecule has 1 aromatic rings. The second-order valence-corrected chi connectivity index (χ2v) is 5.50. The molecule has 1 aromatic heterocycles. The van der Waals surface area contributed by atoms with E-state index in [0.29, 0.717) is 18.4 Å². The number of hydrogen-bond acceptors (Lipinski definition) is 3. The second-order valence-electron chi connectivity index (χ2n) is 5.16. The van der Waals surface area contributed by atoms with E-state index in [1.165, 1.54) is 0 Å². The topological polar surface area (TPSA) is 39.9 Å². The van der Waals surface area contributed by atoms with E-state index in [4.69, 9.17) is 16.3 Å². The molecule has 0 fully saturated rings. The van der Waals surface area contributed by atoms with Crippen LogP contribution in [0.1, 0.15) is 46.4 Å². The molecule has 0 amide bonds. The summed E-state index contributed by atoms with van der Waals surface area (Å²) in [6, 6.07) is 0. The van der Waals surface area contributed by atoms with Crippen LogP contribution in [0.4, 0.5) is 0 Å². The van der Waals surface area contributed by atoms with Gasteiger partial charge in [0.2, 0.25) is 5.28 Å². The van der Waals surface area contributed by atoms with Crippen LogP contribution in [0.5, 0.6) is 0 Å². The Balaban J connectivity index is 2.55. The van der Waals surface area contributed by atoms with Crippen molar-refractivity contribution in [2.45, 2.75) is 52.5 Å². The van der Waals surface area contributed by atoms with Crippen LogP contribution < -0.4 is 0 Å². The monoisotopic (exact) mass is 259 g/mol. The van der Waals surface area contributed by atoms with Crippen LogP contribution in [-0.2, 0) is 16.7 Å². The van der Waals surface area contributed by atoms with Gasteiger partial charge in [0.25, 0.3) is 0 Å². The molecule has 0 aliphatic heterocycles. The maximum atomic E-state index is 6.02. The molecule has 0 bridgehead atoms. The Kier molecular flexibility index (Phi) is 5.40. The fraction of sp³-hybridized carbons (Fsp3) is 0.833. The van der Waals surface area contributed by atoms with Crippen LogP contribution >= 0.6 is 11.6 Å². The van der Waals surface area contributed by atoms with E-state index in [2.05, 4.69) is 37.9 Å². The number of aromatic nitrogens is 3. The van der Waals surface area contributed by atoms with Crippen molar-refractivity contribution in [1.29, 1.82) is 0 Å². The number of ether oxygens (including phenoxy) is 1. The van der Waals surface area contributed by atoms with Gasteiger partial charge in [0.05, 0.1) is 13.2 Å². The molecule has 0 aliphatic carbocycles. The fourth-order valence-electron chi connectivity index (χ4n) is 1.54. The van der Waals surface area contributed by atoms with Crippen LogP contribution in [0.15, 0.2) is 0 Å². The summed E-state index contributed by atoms with van der Waals surface area (Å²) in [4.78, 5) is 0. The zero-order chi connectivity index (χ0) is 12.9. The quantitative estimate of drug-likeness (QED) is 0.738. The Bertz CT molecular complexity index is 344. The Morgan fingerprint density at radius 2 is 1.94 bits per heavy atom. The SMILES string of the molecule is CCCCOCCn1c(Cl)nnc1C(C)(C)C. The Labute approximate surface area is 108 Å². The van der Waals surface area contributed by atoms with E-state index in [-0.39, 0.29) is 5.41 Å². The summed E-state index contributed by atoms with van der Waals surface area (Å²) >= 11 is 6.02. The van der Waals surface area contributed by atoms with E-state index in [1.54, 1.807) is 0 Å². The van der Waals surface area contributed by atoms with Crippen LogP contribution in [0.3, 0.4) is 0 Å². The van der Waals surface area contributed by atoms with Crippen LogP contribution in [0.25, 0.3) is 0 Å². The van der Waals surface area contributed by atoms with Crippen molar-refractivity contribution >= 4 is 11.6 Å². The van der Waals surface area contributed by atoms with Gasteiger partial charge in [-0.2, -0.15) is 0 Å². The number of unbranched alkanes of at least 4 members (excludes halogenated alkanes) is 1. The fourth-order valence-corrected chi connectivity index (χ4v) is 1.74. The molecule has 0 aromatic carbocycles. The standard InChI is InChI=1S/C12H22ClN3O/c1-5-6-8-17-9-7-16-10(12(2,3)4)14-15-11(16)13/h5-9H2,1-4H3. The number of halogens is 1. The average molecular weight is 260 g/mol. The van der Waals surface area contributed by atoms with E-state index in [0.717, 1.165) is 25.3 Å². The summed E-state index contributed by atoms with van der Waals surface area (Å²) in [5.74, 6) is 0.904. The first kappa shape index (κ1) is 14.5. The highest BCUT2D eigenvalue weighted by Crippen LogP contribution is 2.22. The highest BCUT2D eigenvalue weighted by Gasteiger charge is 2.22. The summed E-state index contributed by atoms with van der Waals surface area (Å²) in [6.07, 6.45) is 2.25. The Morgan fingerprint density at radius 1 is 1.24 bits per heavy atom. The summed E-state index contributed by atoms with van der Waals surface area (Å²) in [5.41, 5.74) is -0.0520. The molecule has 0 spiro atoms. The summed E-state index contributed by atoms with van der Waals surface area (Å²) in [5, 5.41) is 8.49. The maximum Gasteiger partial charge on any atom is 0.225 e. The van der Waals surface area contributed by atoms with Crippen LogP contribution in [0.2, 0.25) is 5.28 Å². The minimum atomic E-state index is -0.0520. The smallest absolute Gasteiger partial charge is 0.225 e. The van der Waals surface area contributed by atoms with Gasteiger partial charge in [-0.3, -0.25) is 4.57 Å². The molecule has 4 nitrogen and oxygen atoms in total. The normalized spacial score (nSPS) is 12.1. The van der Waals surface area contributed by atoms with Crippen molar-refractivity contribution in [1.82, 2.24) is 14.8 Å². The van der Waals surface area contributed by atoms with Gasteiger partial charge in [0.15, 0.2) is 0 Å². The molecule has 1 heterocycles.